The number of hydrogen-bond donors (Lipinski definition) is 0. The molecule has 0 bridgehead atoms. The van der Waals surface area contributed by atoms with Crippen LogP contribution < -0.4 is 15.0 Å². The Hall–Kier alpha value is -2.87. The normalized spacial score (nSPS) is 19.8. The van der Waals surface area contributed by atoms with Crippen molar-refractivity contribution in [1.29, 1.82) is 0 Å². The van der Waals surface area contributed by atoms with Gasteiger partial charge in [0.1, 0.15) is 5.69 Å². The summed E-state index contributed by atoms with van der Waals surface area (Å²) in [5, 5.41) is 0. The van der Waals surface area contributed by atoms with Gasteiger partial charge < -0.3 is 18.9 Å². The van der Waals surface area contributed by atoms with Gasteiger partial charge >= 0.3 is 0 Å². The predicted molar refractivity (Wildman–Crippen MR) is 109 cm³/mol. The van der Waals surface area contributed by atoms with E-state index in [2.05, 4.69) is 16.8 Å². The Balaban J connectivity index is 1.76. The summed E-state index contributed by atoms with van der Waals surface area (Å²) in [5.74, 6) is 1.23. The molecular weight excluding hydrogens is 372 g/mol. The van der Waals surface area contributed by atoms with Crippen LogP contribution >= 0.6 is 0 Å². The van der Waals surface area contributed by atoms with E-state index >= 15 is 0 Å². The van der Waals surface area contributed by atoms with Crippen LogP contribution in [0.4, 0.5) is 0 Å². The lowest BCUT2D eigenvalue weighted by atomic mass is 10.0. The molecule has 0 aliphatic carbocycles. The lowest BCUT2D eigenvalue weighted by Crippen LogP contribution is -2.58. The summed E-state index contributed by atoms with van der Waals surface area (Å²) in [7, 11) is 4.87. The Bertz CT molecular complexity index is 943. The van der Waals surface area contributed by atoms with E-state index < -0.39 is 0 Å². The lowest BCUT2D eigenvalue weighted by molar-refractivity contribution is 0.0243. The van der Waals surface area contributed by atoms with Gasteiger partial charge in [-0.25, -0.2) is 0 Å². The first-order chi connectivity index (χ1) is 13.9. The Kier molecular flexibility index (Phi) is 6.22. The molecule has 29 heavy (non-hydrogen) atoms. The van der Waals surface area contributed by atoms with Crippen LogP contribution in [-0.4, -0.2) is 64.7 Å². The topological polar surface area (TPSA) is 76.9 Å². The molecule has 8 heteroatoms. The summed E-state index contributed by atoms with van der Waals surface area (Å²) in [6, 6.07) is 4.93. The number of pyridine rings is 2. The standard InChI is InChI=1S/C21H28N4O4/c1-14-15(2)25(21(27)16-6-7-19(26)23(3)12-16)11-10-24(14)13-17-20(29-5)18(28-4)8-9-22-17/h6-9,12,14-15H,10-11,13H2,1-5H3/t14-,15-/m1/s1. The molecule has 1 amide bonds. The second-order valence-corrected chi connectivity index (χ2v) is 7.31. The third-order valence-corrected chi connectivity index (χ3v) is 5.71. The number of hydrogen-bond acceptors (Lipinski definition) is 6. The molecule has 0 radical (unpaired) electrons. The van der Waals surface area contributed by atoms with Gasteiger partial charge in [-0.1, -0.05) is 0 Å². The summed E-state index contributed by atoms with van der Waals surface area (Å²) in [6.07, 6.45) is 3.31. The van der Waals surface area contributed by atoms with E-state index in [1.807, 2.05) is 11.8 Å². The Labute approximate surface area is 170 Å². The third kappa shape index (κ3) is 4.12. The molecular formula is C21H28N4O4. The quantitative estimate of drug-likeness (QED) is 0.758. The van der Waals surface area contributed by atoms with Crippen LogP contribution in [0.1, 0.15) is 29.9 Å². The SMILES string of the molecule is COc1ccnc(CN2CCN(C(=O)c3ccc(=O)n(C)c3)[C@H](C)[C@H]2C)c1OC. The van der Waals surface area contributed by atoms with E-state index in [1.165, 1.54) is 10.6 Å². The van der Waals surface area contributed by atoms with Crippen molar-refractivity contribution < 1.29 is 14.3 Å². The van der Waals surface area contributed by atoms with Crippen molar-refractivity contribution in [3.05, 3.63) is 52.2 Å². The summed E-state index contributed by atoms with van der Waals surface area (Å²) in [6.45, 7) is 6.07. The Morgan fingerprint density at radius 2 is 1.90 bits per heavy atom. The molecule has 0 spiro atoms. The second kappa shape index (κ2) is 8.65. The highest BCUT2D eigenvalue weighted by Gasteiger charge is 2.34. The zero-order chi connectivity index (χ0) is 21.1. The van der Waals surface area contributed by atoms with Gasteiger partial charge in [-0.05, 0) is 19.9 Å². The molecule has 8 nitrogen and oxygen atoms in total. The molecule has 3 heterocycles. The van der Waals surface area contributed by atoms with Gasteiger partial charge in [-0.3, -0.25) is 19.5 Å². The molecule has 2 atom stereocenters. The van der Waals surface area contributed by atoms with Crippen LogP contribution in [-0.2, 0) is 13.6 Å². The van der Waals surface area contributed by atoms with E-state index in [0.717, 1.165) is 5.69 Å². The lowest BCUT2D eigenvalue weighted by Gasteiger charge is -2.45. The minimum Gasteiger partial charge on any atom is -0.493 e. The van der Waals surface area contributed by atoms with E-state index in [1.54, 1.807) is 45.8 Å². The number of aromatic nitrogens is 2. The van der Waals surface area contributed by atoms with Gasteiger partial charge in [0.05, 0.1) is 19.8 Å². The zero-order valence-electron chi connectivity index (χ0n) is 17.6. The fourth-order valence-corrected chi connectivity index (χ4v) is 3.76. The van der Waals surface area contributed by atoms with Gasteiger partial charge in [-0.2, -0.15) is 0 Å². The van der Waals surface area contributed by atoms with E-state index in [9.17, 15) is 9.59 Å². The molecule has 2 aromatic rings. The van der Waals surface area contributed by atoms with Crippen LogP contribution in [0, 0.1) is 0 Å². The fourth-order valence-electron chi connectivity index (χ4n) is 3.76. The highest BCUT2D eigenvalue weighted by atomic mass is 16.5. The Morgan fingerprint density at radius 3 is 2.55 bits per heavy atom. The molecule has 1 fully saturated rings. The minimum absolute atomic E-state index is 0.00471. The van der Waals surface area contributed by atoms with Gasteiger partial charge in [0.15, 0.2) is 11.5 Å². The van der Waals surface area contributed by atoms with E-state index in [-0.39, 0.29) is 23.6 Å². The number of carbonyl (C=O) groups excluding carboxylic acids is 1. The smallest absolute Gasteiger partial charge is 0.255 e. The Morgan fingerprint density at radius 1 is 1.14 bits per heavy atom. The number of carbonyl (C=O) groups is 1. The number of aryl methyl sites for hydroxylation is 1. The first kappa shape index (κ1) is 20.9. The number of amides is 1. The van der Waals surface area contributed by atoms with E-state index in [0.29, 0.717) is 36.7 Å². The maximum absolute atomic E-state index is 13.0. The number of rotatable bonds is 5. The molecule has 1 saturated heterocycles. The van der Waals surface area contributed by atoms with Crippen molar-refractivity contribution in [1.82, 2.24) is 19.4 Å². The first-order valence-electron chi connectivity index (χ1n) is 9.65. The van der Waals surface area contributed by atoms with Crippen LogP contribution in [0.5, 0.6) is 11.5 Å². The molecule has 0 unspecified atom stereocenters. The van der Waals surface area contributed by atoms with Crippen molar-refractivity contribution in [3.8, 4) is 11.5 Å². The molecule has 3 rings (SSSR count). The minimum atomic E-state index is -0.132. The molecule has 1 aliphatic rings. The molecule has 2 aromatic heterocycles. The largest absolute Gasteiger partial charge is 0.493 e. The maximum atomic E-state index is 13.0. The van der Waals surface area contributed by atoms with E-state index in [4.69, 9.17) is 9.47 Å². The number of ether oxygens (including phenoxy) is 2. The van der Waals surface area contributed by atoms with Crippen molar-refractivity contribution in [2.45, 2.75) is 32.5 Å². The fraction of sp³-hybridized carbons (Fsp3) is 0.476. The molecule has 0 saturated carbocycles. The average Bonchev–Trinajstić information content (AvgIpc) is 2.72. The highest BCUT2D eigenvalue weighted by molar-refractivity contribution is 5.94. The summed E-state index contributed by atoms with van der Waals surface area (Å²) >= 11 is 0. The predicted octanol–water partition coefficient (Wildman–Crippen LogP) is 1.53. The third-order valence-electron chi connectivity index (χ3n) is 5.71. The van der Waals surface area contributed by atoms with Crippen LogP contribution in [0.15, 0.2) is 35.4 Å². The monoisotopic (exact) mass is 400 g/mol. The first-order valence-corrected chi connectivity index (χ1v) is 9.65. The molecule has 0 aromatic carbocycles. The number of piperazine rings is 1. The summed E-state index contributed by atoms with van der Waals surface area (Å²) < 4.78 is 12.3. The second-order valence-electron chi connectivity index (χ2n) is 7.31. The van der Waals surface area contributed by atoms with Crippen molar-refractivity contribution in [2.75, 3.05) is 27.3 Å². The van der Waals surface area contributed by atoms with Crippen molar-refractivity contribution in [3.63, 3.8) is 0 Å². The van der Waals surface area contributed by atoms with Crippen molar-refractivity contribution >= 4 is 5.91 Å². The van der Waals surface area contributed by atoms with Crippen molar-refractivity contribution in [2.24, 2.45) is 7.05 Å². The van der Waals surface area contributed by atoms with Gasteiger partial charge in [0.2, 0.25) is 5.56 Å². The summed E-state index contributed by atoms with van der Waals surface area (Å²) in [4.78, 5) is 33.3. The maximum Gasteiger partial charge on any atom is 0.255 e. The van der Waals surface area contributed by atoms with Crippen LogP contribution in [0.25, 0.3) is 0 Å². The molecule has 156 valence electrons. The number of nitrogens with zero attached hydrogens (tertiary/aromatic N) is 4. The van der Waals surface area contributed by atoms with Gasteiger partial charge in [0.25, 0.3) is 5.91 Å². The highest BCUT2D eigenvalue weighted by Crippen LogP contribution is 2.31. The summed E-state index contributed by atoms with van der Waals surface area (Å²) in [5.41, 5.74) is 1.20. The van der Waals surface area contributed by atoms with Gasteiger partial charge in [-0.15, -0.1) is 0 Å². The average molecular weight is 400 g/mol. The zero-order valence-corrected chi connectivity index (χ0v) is 17.6. The van der Waals surface area contributed by atoms with Gasteiger partial charge in [0, 0.05) is 63.3 Å². The molecule has 1 aliphatic heterocycles. The number of methoxy groups -OCH3 is 2. The van der Waals surface area contributed by atoms with Crippen LogP contribution in [0.3, 0.4) is 0 Å². The van der Waals surface area contributed by atoms with Crippen LogP contribution in [0.2, 0.25) is 0 Å². The molecule has 0 N–H and O–H groups in total.